The average Bonchev–Trinajstić information content (AvgIpc) is 2.43. The summed E-state index contributed by atoms with van der Waals surface area (Å²) in [7, 11) is 0. The Bertz CT molecular complexity index is 466. The number of aromatic nitrogens is 2. The molecule has 1 aromatic heterocycles. The Labute approximate surface area is 95.0 Å². The van der Waals surface area contributed by atoms with E-state index in [2.05, 4.69) is 20.9 Å². The van der Waals surface area contributed by atoms with Crippen LogP contribution in [0.4, 0.5) is 0 Å². The molecule has 0 aliphatic heterocycles. The summed E-state index contributed by atoms with van der Waals surface area (Å²) >= 11 is 9.37. The third kappa shape index (κ3) is 1.65. The van der Waals surface area contributed by atoms with E-state index in [9.17, 15) is 0 Å². The molecule has 1 heterocycles. The molecule has 14 heavy (non-hydrogen) atoms. The standard InChI is InChI=1S/C9H9BrClN3/c10-6-1-2-8-7(5-6)13-9(11)14(8)4-3-12/h1-2,5H,3-4,12H2. The van der Waals surface area contributed by atoms with E-state index in [1.54, 1.807) is 0 Å². The Morgan fingerprint density at radius 3 is 3.00 bits per heavy atom. The molecule has 1 aromatic carbocycles. The second-order valence-corrected chi connectivity index (χ2v) is 4.21. The highest BCUT2D eigenvalue weighted by Gasteiger charge is 2.07. The van der Waals surface area contributed by atoms with Crippen molar-refractivity contribution >= 4 is 38.6 Å². The van der Waals surface area contributed by atoms with Crippen molar-refractivity contribution in [2.75, 3.05) is 6.54 Å². The van der Waals surface area contributed by atoms with Crippen LogP contribution in [0.5, 0.6) is 0 Å². The van der Waals surface area contributed by atoms with Crippen molar-refractivity contribution in [1.29, 1.82) is 0 Å². The lowest BCUT2D eigenvalue weighted by atomic mass is 10.3. The summed E-state index contributed by atoms with van der Waals surface area (Å²) in [5.74, 6) is 0. The largest absolute Gasteiger partial charge is 0.329 e. The fourth-order valence-electron chi connectivity index (χ4n) is 1.42. The lowest BCUT2D eigenvalue weighted by molar-refractivity contribution is 0.729. The highest BCUT2D eigenvalue weighted by molar-refractivity contribution is 9.10. The first kappa shape index (κ1) is 9.96. The zero-order valence-corrected chi connectivity index (χ0v) is 9.72. The van der Waals surface area contributed by atoms with Gasteiger partial charge in [0.25, 0.3) is 0 Å². The van der Waals surface area contributed by atoms with E-state index in [0.717, 1.165) is 15.5 Å². The summed E-state index contributed by atoms with van der Waals surface area (Å²) in [5.41, 5.74) is 7.40. The molecule has 0 aliphatic carbocycles. The van der Waals surface area contributed by atoms with Crippen LogP contribution < -0.4 is 5.73 Å². The molecule has 2 N–H and O–H groups in total. The minimum atomic E-state index is 0.489. The molecular weight excluding hydrogens is 265 g/mol. The maximum atomic E-state index is 5.98. The van der Waals surface area contributed by atoms with Gasteiger partial charge in [0.15, 0.2) is 0 Å². The van der Waals surface area contributed by atoms with E-state index in [-0.39, 0.29) is 0 Å². The van der Waals surface area contributed by atoms with E-state index in [0.29, 0.717) is 18.4 Å². The molecule has 0 saturated heterocycles. The Balaban J connectivity index is 2.64. The second-order valence-electron chi connectivity index (χ2n) is 2.95. The summed E-state index contributed by atoms with van der Waals surface area (Å²) in [6.45, 7) is 1.25. The van der Waals surface area contributed by atoms with E-state index in [1.807, 2.05) is 22.8 Å². The summed E-state index contributed by atoms with van der Waals surface area (Å²) in [4.78, 5) is 4.24. The lowest BCUT2D eigenvalue weighted by Gasteiger charge is -2.02. The minimum absolute atomic E-state index is 0.489. The van der Waals surface area contributed by atoms with Gasteiger partial charge in [0, 0.05) is 17.6 Å². The molecule has 0 fully saturated rings. The van der Waals surface area contributed by atoms with Gasteiger partial charge in [0.1, 0.15) is 0 Å². The number of halogens is 2. The van der Waals surface area contributed by atoms with Gasteiger partial charge in [-0.05, 0) is 29.8 Å². The van der Waals surface area contributed by atoms with Crippen molar-refractivity contribution in [3.8, 4) is 0 Å². The molecule has 0 aliphatic rings. The number of nitrogens with two attached hydrogens (primary N) is 1. The van der Waals surface area contributed by atoms with Crippen LogP contribution >= 0.6 is 27.5 Å². The molecule has 0 bridgehead atoms. The molecule has 0 amide bonds. The van der Waals surface area contributed by atoms with Gasteiger partial charge in [-0.3, -0.25) is 0 Å². The average molecular weight is 275 g/mol. The van der Waals surface area contributed by atoms with Gasteiger partial charge >= 0.3 is 0 Å². The SMILES string of the molecule is NCCn1c(Cl)nc2cc(Br)ccc21. The lowest BCUT2D eigenvalue weighted by Crippen LogP contribution is -2.09. The molecule has 0 spiro atoms. The van der Waals surface area contributed by atoms with Crippen LogP contribution in [0, 0.1) is 0 Å². The Hall–Kier alpha value is -0.580. The quantitative estimate of drug-likeness (QED) is 0.914. The molecule has 0 unspecified atom stereocenters. The molecule has 0 atom stereocenters. The maximum absolute atomic E-state index is 5.98. The molecule has 5 heteroatoms. The van der Waals surface area contributed by atoms with E-state index < -0.39 is 0 Å². The number of benzene rings is 1. The van der Waals surface area contributed by atoms with Gasteiger partial charge in [0.2, 0.25) is 5.28 Å². The maximum Gasteiger partial charge on any atom is 0.203 e. The van der Waals surface area contributed by atoms with Gasteiger partial charge in [-0.1, -0.05) is 15.9 Å². The molecule has 3 nitrogen and oxygen atoms in total. The van der Waals surface area contributed by atoms with Crippen molar-refractivity contribution in [3.63, 3.8) is 0 Å². The number of hydrogen-bond acceptors (Lipinski definition) is 2. The number of rotatable bonds is 2. The van der Waals surface area contributed by atoms with Crippen LogP contribution in [-0.4, -0.2) is 16.1 Å². The third-order valence-electron chi connectivity index (χ3n) is 2.02. The number of hydrogen-bond donors (Lipinski definition) is 1. The number of nitrogens with zero attached hydrogens (tertiary/aromatic N) is 2. The van der Waals surface area contributed by atoms with Crippen LogP contribution in [0.25, 0.3) is 11.0 Å². The van der Waals surface area contributed by atoms with Crippen LogP contribution in [0.3, 0.4) is 0 Å². The fourth-order valence-corrected chi connectivity index (χ4v) is 2.03. The first-order valence-electron chi connectivity index (χ1n) is 4.23. The predicted molar refractivity (Wildman–Crippen MR) is 61.5 cm³/mol. The van der Waals surface area contributed by atoms with E-state index >= 15 is 0 Å². The van der Waals surface area contributed by atoms with Crippen LogP contribution in [0.2, 0.25) is 5.28 Å². The van der Waals surface area contributed by atoms with E-state index in [4.69, 9.17) is 17.3 Å². The molecule has 2 rings (SSSR count). The van der Waals surface area contributed by atoms with Gasteiger partial charge in [-0.25, -0.2) is 4.98 Å². The highest BCUT2D eigenvalue weighted by atomic mass is 79.9. The Morgan fingerprint density at radius 1 is 1.50 bits per heavy atom. The van der Waals surface area contributed by atoms with Crippen LogP contribution in [0.15, 0.2) is 22.7 Å². The van der Waals surface area contributed by atoms with Crippen LogP contribution in [0.1, 0.15) is 0 Å². The molecular formula is C9H9BrClN3. The van der Waals surface area contributed by atoms with Gasteiger partial charge in [-0.2, -0.15) is 0 Å². The summed E-state index contributed by atoms with van der Waals surface area (Å²) in [5, 5.41) is 0.489. The smallest absolute Gasteiger partial charge is 0.203 e. The topological polar surface area (TPSA) is 43.8 Å². The van der Waals surface area contributed by atoms with Gasteiger partial charge in [-0.15, -0.1) is 0 Å². The van der Waals surface area contributed by atoms with Crippen molar-refractivity contribution < 1.29 is 0 Å². The Morgan fingerprint density at radius 2 is 2.29 bits per heavy atom. The summed E-state index contributed by atoms with van der Waals surface area (Å²) in [6, 6.07) is 5.88. The van der Waals surface area contributed by atoms with Gasteiger partial charge < -0.3 is 10.3 Å². The van der Waals surface area contributed by atoms with Crippen LogP contribution in [-0.2, 0) is 6.54 Å². The fraction of sp³-hybridized carbons (Fsp3) is 0.222. The predicted octanol–water partition coefficient (Wildman–Crippen LogP) is 2.41. The van der Waals surface area contributed by atoms with Crippen molar-refractivity contribution in [2.24, 2.45) is 5.73 Å². The summed E-state index contributed by atoms with van der Waals surface area (Å²) < 4.78 is 2.91. The molecule has 74 valence electrons. The third-order valence-corrected chi connectivity index (χ3v) is 2.80. The normalized spacial score (nSPS) is 11.1. The zero-order chi connectivity index (χ0) is 10.1. The number of fused-ring (bicyclic) bond motifs is 1. The summed E-state index contributed by atoms with van der Waals surface area (Å²) in [6.07, 6.45) is 0. The monoisotopic (exact) mass is 273 g/mol. The molecule has 0 radical (unpaired) electrons. The number of imidazole rings is 1. The van der Waals surface area contributed by atoms with Gasteiger partial charge in [0.05, 0.1) is 11.0 Å². The van der Waals surface area contributed by atoms with E-state index in [1.165, 1.54) is 0 Å². The first-order valence-corrected chi connectivity index (χ1v) is 5.41. The first-order chi connectivity index (χ1) is 6.72. The Kier molecular flexibility index (Phi) is 2.76. The van der Waals surface area contributed by atoms with Crippen molar-refractivity contribution in [1.82, 2.24) is 9.55 Å². The highest BCUT2D eigenvalue weighted by Crippen LogP contribution is 2.22. The minimum Gasteiger partial charge on any atom is -0.329 e. The zero-order valence-electron chi connectivity index (χ0n) is 7.37. The molecule has 2 aromatic rings. The van der Waals surface area contributed by atoms with Crippen molar-refractivity contribution in [2.45, 2.75) is 6.54 Å². The van der Waals surface area contributed by atoms with Crippen molar-refractivity contribution in [3.05, 3.63) is 28.0 Å². The second kappa shape index (κ2) is 3.88. The molecule has 0 saturated carbocycles.